The molecular weight excluding hydrogens is 234 g/mol. The van der Waals surface area contributed by atoms with Crippen LogP contribution in [0.1, 0.15) is 38.4 Å². The zero-order chi connectivity index (χ0) is 12.3. The number of hydrogen-bond acceptors (Lipinski definition) is 4. The first kappa shape index (κ1) is 12.2. The SMILES string of the molecule is CCCC(C)c1ccc(Sc2nncn2C)o1. The molecule has 92 valence electrons. The molecule has 2 heterocycles. The van der Waals surface area contributed by atoms with Gasteiger partial charge in [0, 0.05) is 13.0 Å². The predicted octanol–water partition coefficient (Wildman–Crippen LogP) is 3.46. The lowest BCUT2D eigenvalue weighted by atomic mass is 10.0. The van der Waals surface area contributed by atoms with Gasteiger partial charge < -0.3 is 8.98 Å². The Morgan fingerprint density at radius 1 is 1.47 bits per heavy atom. The Bertz CT molecular complexity index is 478. The van der Waals surface area contributed by atoms with Crippen molar-refractivity contribution in [1.82, 2.24) is 14.8 Å². The van der Waals surface area contributed by atoms with Crippen LogP contribution in [0, 0.1) is 0 Å². The topological polar surface area (TPSA) is 43.9 Å². The third kappa shape index (κ3) is 2.91. The normalized spacial score (nSPS) is 12.9. The molecule has 1 atom stereocenters. The van der Waals surface area contributed by atoms with Crippen LogP contribution in [0.4, 0.5) is 0 Å². The van der Waals surface area contributed by atoms with Crippen LogP contribution in [-0.4, -0.2) is 14.8 Å². The molecule has 0 spiro atoms. The van der Waals surface area contributed by atoms with Crippen LogP contribution in [-0.2, 0) is 7.05 Å². The van der Waals surface area contributed by atoms with Crippen LogP contribution in [0.15, 0.2) is 33.1 Å². The summed E-state index contributed by atoms with van der Waals surface area (Å²) in [4.78, 5) is 0. The minimum atomic E-state index is 0.480. The number of aromatic nitrogens is 3. The lowest BCUT2D eigenvalue weighted by Crippen LogP contribution is -1.89. The number of nitrogens with zero attached hydrogens (tertiary/aromatic N) is 3. The average Bonchev–Trinajstić information content (AvgIpc) is 2.90. The van der Waals surface area contributed by atoms with Crippen LogP contribution in [0.5, 0.6) is 0 Å². The first-order valence-electron chi connectivity index (χ1n) is 5.82. The van der Waals surface area contributed by atoms with Crippen molar-refractivity contribution in [3.8, 4) is 0 Å². The van der Waals surface area contributed by atoms with Gasteiger partial charge in [-0.3, -0.25) is 0 Å². The molecule has 4 nitrogen and oxygen atoms in total. The highest BCUT2D eigenvalue weighted by atomic mass is 32.2. The Balaban J connectivity index is 2.06. The fourth-order valence-electron chi connectivity index (χ4n) is 1.68. The lowest BCUT2D eigenvalue weighted by molar-refractivity contribution is 0.399. The van der Waals surface area contributed by atoms with Gasteiger partial charge in [0.1, 0.15) is 12.1 Å². The van der Waals surface area contributed by atoms with Gasteiger partial charge in [-0.25, -0.2) is 0 Å². The molecule has 0 saturated heterocycles. The van der Waals surface area contributed by atoms with E-state index in [0.717, 1.165) is 22.4 Å². The first-order chi connectivity index (χ1) is 8.20. The number of hydrogen-bond donors (Lipinski definition) is 0. The number of aryl methyl sites for hydroxylation is 1. The molecule has 0 aliphatic heterocycles. The summed E-state index contributed by atoms with van der Waals surface area (Å²) >= 11 is 1.50. The van der Waals surface area contributed by atoms with E-state index >= 15 is 0 Å². The summed E-state index contributed by atoms with van der Waals surface area (Å²) < 4.78 is 7.69. The Kier molecular flexibility index (Phi) is 3.89. The van der Waals surface area contributed by atoms with Gasteiger partial charge in [0.15, 0.2) is 10.2 Å². The summed E-state index contributed by atoms with van der Waals surface area (Å²) in [6.45, 7) is 4.38. The second-order valence-corrected chi connectivity index (χ2v) is 5.14. The molecule has 5 heteroatoms. The maximum atomic E-state index is 5.81. The summed E-state index contributed by atoms with van der Waals surface area (Å²) in [6.07, 6.45) is 4.01. The third-order valence-electron chi connectivity index (χ3n) is 2.67. The largest absolute Gasteiger partial charge is 0.454 e. The molecule has 2 rings (SSSR count). The number of furan rings is 1. The monoisotopic (exact) mass is 251 g/mol. The van der Waals surface area contributed by atoms with Crippen molar-refractivity contribution in [3.63, 3.8) is 0 Å². The van der Waals surface area contributed by atoms with Crippen molar-refractivity contribution in [2.45, 2.75) is 42.9 Å². The molecule has 0 bridgehead atoms. The molecular formula is C12H17N3OS. The first-order valence-corrected chi connectivity index (χ1v) is 6.64. The van der Waals surface area contributed by atoms with Crippen LogP contribution < -0.4 is 0 Å². The van der Waals surface area contributed by atoms with E-state index in [9.17, 15) is 0 Å². The van der Waals surface area contributed by atoms with E-state index in [1.165, 1.54) is 18.2 Å². The van der Waals surface area contributed by atoms with Gasteiger partial charge in [-0.1, -0.05) is 20.3 Å². The van der Waals surface area contributed by atoms with E-state index in [2.05, 4.69) is 30.1 Å². The molecule has 0 N–H and O–H groups in total. The zero-order valence-corrected chi connectivity index (χ0v) is 11.2. The van der Waals surface area contributed by atoms with Gasteiger partial charge in [0.2, 0.25) is 0 Å². The Hall–Kier alpha value is -1.23. The quantitative estimate of drug-likeness (QED) is 0.816. The van der Waals surface area contributed by atoms with Crippen LogP contribution >= 0.6 is 11.8 Å². The van der Waals surface area contributed by atoms with Gasteiger partial charge in [0.25, 0.3) is 0 Å². The standard InChI is InChI=1S/C12H17N3OS/c1-4-5-9(2)10-6-7-11(16-10)17-12-14-13-8-15(12)3/h6-9H,4-5H2,1-3H3. The molecule has 0 aliphatic rings. The van der Waals surface area contributed by atoms with E-state index in [1.54, 1.807) is 6.33 Å². The molecule has 0 aliphatic carbocycles. The van der Waals surface area contributed by atoms with Crippen molar-refractivity contribution in [2.75, 3.05) is 0 Å². The summed E-state index contributed by atoms with van der Waals surface area (Å²) in [6, 6.07) is 4.06. The minimum Gasteiger partial charge on any atom is -0.454 e. The Morgan fingerprint density at radius 3 is 2.94 bits per heavy atom. The Morgan fingerprint density at radius 2 is 2.29 bits per heavy atom. The van der Waals surface area contributed by atoms with Gasteiger partial charge in [0.05, 0.1) is 0 Å². The van der Waals surface area contributed by atoms with Crippen molar-refractivity contribution >= 4 is 11.8 Å². The minimum absolute atomic E-state index is 0.480. The summed E-state index contributed by atoms with van der Waals surface area (Å²) in [5.74, 6) is 1.53. The molecule has 2 aromatic rings. The maximum absolute atomic E-state index is 5.81. The van der Waals surface area contributed by atoms with E-state index in [4.69, 9.17) is 4.42 Å². The second kappa shape index (κ2) is 5.40. The van der Waals surface area contributed by atoms with E-state index in [1.807, 2.05) is 17.7 Å². The van der Waals surface area contributed by atoms with Gasteiger partial charge in [-0.05, 0) is 30.3 Å². The average molecular weight is 251 g/mol. The summed E-state index contributed by atoms with van der Waals surface area (Å²) in [5.41, 5.74) is 0. The lowest BCUT2D eigenvalue weighted by Gasteiger charge is -2.05. The van der Waals surface area contributed by atoms with Gasteiger partial charge >= 0.3 is 0 Å². The van der Waals surface area contributed by atoms with Crippen LogP contribution in [0.3, 0.4) is 0 Å². The number of rotatable bonds is 5. The fourth-order valence-corrected chi connectivity index (χ4v) is 2.42. The molecule has 17 heavy (non-hydrogen) atoms. The molecule has 0 amide bonds. The zero-order valence-electron chi connectivity index (χ0n) is 10.4. The van der Waals surface area contributed by atoms with Crippen molar-refractivity contribution in [2.24, 2.45) is 7.05 Å². The highest BCUT2D eigenvalue weighted by Crippen LogP contribution is 2.30. The maximum Gasteiger partial charge on any atom is 0.198 e. The second-order valence-electron chi connectivity index (χ2n) is 4.17. The van der Waals surface area contributed by atoms with Gasteiger partial charge in [-0.2, -0.15) is 0 Å². The highest BCUT2D eigenvalue weighted by Gasteiger charge is 2.12. The summed E-state index contributed by atoms with van der Waals surface area (Å²) in [7, 11) is 1.92. The Labute approximate surface area is 105 Å². The molecule has 0 fully saturated rings. The third-order valence-corrected chi connectivity index (χ3v) is 3.64. The predicted molar refractivity (Wildman–Crippen MR) is 67.2 cm³/mol. The van der Waals surface area contributed by atoms with Crippen molar-refractivity contribution in [3.05, 3.63) is 24.2 Å². The van der Waals surface area contributed by atoms with Crippen molar-refractivity contribution < 1.29 is 4.42 Å². The van der Waals surface area contributed by atoms with E-state index in [-0.39, 0.29) is 0 Å². The van der Waals surface area contributed by atoms with Crippen LogP contribution in [0.2, 0.25) is 0 Å². The van der Waals surface area contributed by atoms with E-state index in [0.29, 0.717) is 5.92 Å². The summed E-state index contributed by atoms with van der Waals surface area (Å²) in [5, 5.41) is 9.57. The molecule has 2 aromatic heterocycles. The molecule has 0 saturated carbocycles. The highest BCUT2D eigenvalue weighted by molar-refractivity contribution is 7.99. The smallest absolute Gasteiger partial charge is 0.198 e. The van der Waals surface area contributed by atoms with Crippen molar-refractivity contribution in [1.29, 1.82) is 0 Å². The molecule has 0 aromatic carbocycles. The van der Waals surface area contributed by atoms with Crippen LogP contribution in [0.25, 0.3) is 0 Å². The molecule has 0 radical (unpaired) electrons. The fraction of sp³-hybridized carbons (Fsp3) is 0.500. The van der Waals surface area contributed by atoms with E-state index < -0.39 is 0 Å². The molecule has 1 unspecified atom stereocenters. The van der Waals surface area contributed by atoms with Gasteiger partial charge in [-0.15, -0.1) is 10.2 Å².